The highest BCUT2D eigenvalue weighted by Gasteiger charge is 2.57. The second kappa shape index (κ2) is 11.0. The van der Waals surface area contributed by atoms with Gasteiger partial charge in [0.25, 0.3) is 0 Å². The number of hydrogen-bond acceptors (Lipinski definition) is 4. The molecular formula is C17H30F3IN6O2. The number of carbonyl (C=O) groups excluding carboxylic acids is 1. The Morgan fingerprint density at radius 2 is 1.90 bits per heavy atom. The highest BCUT2D eigenvalue weighted by molar-refractivity contribution is 14.0. The first-order chi connectivity index (χ1) is 12.8. The molecule has 29 heavy (non-hydrogen) atoms. The molecule has 0 aliphatic rings. The van der Waals surface area contributed by atoms with Gasteiger partial charge in [-0.05, 0) is 27.7 Å². The zero-order valence-corrected chi connectivity index (χ0v) is 19.6. The molecule has 1 unspecified atom stereocenters. The van der Waals surface area contributed by atoms with Crippen LogP contribution in [0.2, 0.25) is 0 Å². The summed E-state index contributed by atoms with van der Waals surface area (Å²) < 4.78 is 41.6. The maximum atomic E-state index is 13.5. The van der Waals surface area contributed by atoms with E-state index in [1.807, 2.05) is 20.8 Å². The number of halogens is 4. The minimum atomic E-state index is -4.91. The summed E-state index contributed by atoms with van der Waals surface area (Å²) >= 11 is 0. The van der Waals surface area contributed by atoms with Crippen molar-refractivity contribution in [1.29, 1.82) is 0 Å². The molecule has 1 atom stereocenters. The molecular weight excluding hydrogens is 504 g/mol. The Morgan fingerprint density at radius 3 is 2.34 bits per heavy atom. The first-order valence-corrected chi connectivity index (χ1v) is 8.90. The zero-order chi connectivity index (χ0) is 21.6. The number of imidazole rings is 1. The summed E-state index contributed by atoms with van der Waals surface area (Å²) in [7, 11) is 1.38. The van der Waals surface area contributed by atoms with Gasteiger partial charge < -0.3 is 25.6 Å². The van der Waals surface area contributed by atoms with E-state index in [1.54, 1.807) is 6.92 Å². The summed E-state index contributed by atoms with van der Waals surface area (Å²) in [4.78, 5) is 19.6. The monoisotopic (exact) mass is 534 g/mol. The molecule has 0 saturated heterocycles. The van der Waals surface area contributed by atoms with E-state index in [0.717, 1.165) is 4.57 Å². The molecule has 0 fully saturated rings. The van der Waals surface area contributed by atoms with E-state index in [9.17, 15) is 23.1 Å². The van der Waals surface area contributed by atoms with Gasteiger partial charge in [-0.2, -0.15) is 13.2 Å². The highest BCUT2D eigenvalue weighted by atomic mass is 127. The topological polar surface area (TPSA) is 104 Å². The van der Waals surface area contributed by atoms with Crippen molar-refractivity contribution in [1.82, 2.24) is 25.5 Å². The molecule has 4 N–H and O–H groups in total. The normalized spacial score (nSPS) is 14.6. The molecule has 1 rings (SSSR count). The Bertz CT molecular complexity index is 687. The second-order valence-corrected chi connectivity index (χ2v) is 7.39. The predicted octanol–water partition coefficient (Wildman–Crippen LogP) is 1.65. The smallest absolute Gasteiger partial charge is 0.374 e. The average molecular weight is 534 g/mol. The minimum Gasteiger partial charge on any atom is -0.374 e. The van der Waals surface area contributed by atoms with Crippen molar-refractivity contribution in [2.45, 2.75) is 51.4 Å². The van der Waals surface area contributed by atoms with Gasteiger partial charge in [0.05, 0.1) is 0 Å². The quantitative estimate of drug-likeness (QED) is 0.242. The van der Waals surface area contributed by atoms with Gasteiger partial charge in [0.1, 0.15) is 12.4 Å². The first kappa shape index (κ1) is 27.4. The lowest BCUT2D eigenvalue weighted by molar-refractivity contribution is -0.272. The molecule has 0 aliphatic heterocycles. The maximum absolute atomic E-state index is 13.5. The first-order valence-electron chi connectivity index (χ1n) is 8.90. The van der Waals surface area contributed by atoms with Crippen molar-refractivity contribution in [3.05, 3.63) is 18.2 Å². The number of aromatic nitrogens is 2. The van der Waals surface area contributed by atoms with Crippen LogP contribution in [-0.2, 0) is 17.4 Å². The Balaban J connectivity index is 0.00000784. The van der Waals surface area contributed by atoms with E-state index >= 15 is 0 Å². The third-order valence-corrected chi connectivity index (χ3v) is 3.68. The van der Waals surface area contributed by atoms with E-state index < -0.39 is 29.6 Å². The summed E-state index contributed by atoms with van der Waals surface area (Å²) in [5.74, 6) is -0.631. The average Bonchev–Trinajstić information content (AvgIpc) is 2.96. The molecule has 0 saturated carbocycles. The lowest BCUT2D eigenvalue weighted by atomic mass is 9.97. The summed E-state index contributed by atoms with van der Waals surface area (Å²) in [6, 6.07) is 0. The molecule has 1 aromatic rings. The Kier molecular flexibility index (Phi) is 10.4. The van der Waals surface area contributed by atoms with E-state index in [2.05, 4.69) is 25.9 Å². The zero-order valence-electron chi connectivity index (χ0n) is 17.2. The fraction of sp³-hybridized carbons (Fsp3) is 0.706. The number of aliphatic imine (C=N–C) groups is 1. The number of nitrogens with zero attached hydrogens (tertiary/aromatic N) is 3. The van der Waals surface area contributed by atoms with Crippen molar-refractivity contribution < 1.29 is 23.1 Å². The van der Waals surface area contributed by atoms with Crippen molar-refractivity contribution in [2.24, 2.45) is 12.0 Å². The highest BCUT2D eigenvalue weighted by Crippen LogP contribution is 2.40. The number of carbonyl (C=O) groups is 1. The van der Waals surface area contributed by atoms with Crippen LogP contribution in [0, 0.1) is 0 Å². The number of alkyl halides is 3. The van der Waals surface area contributed by atoms with Crippen LogP contribution in [0.25, 0.3) is 0 Å². The Morgan fingerprint density at radius 1 is 1.28 bits per heavy atom. The number of guanidine groups is 1. The predicted molar refractivity (Wildman–Crippen MR) is 115 cm³/mol. The third kappa shape index (κ3) is 8.36. The summed E-state index contributed by atoms with van der Waals surface area (Å²) in [5.41, 5.74) is -3.52. The van der Waals surface area contributed by atoms with Crippen LogP contribution in [0.4, 0.5) is 13.2 Å². The molecule has 1 heterocycles. The number of nitrogens with one attached hydrogen (secondary N) is 3. The molecule has 8 nitrogen and oxygen atoms in total. The van der Waals surface area contributed by atoms with Crippen LogP contribution in [0.15, 0.2) is 17.4 Å². The van der Waals surface area contributed by atoms with Gasteiger partial charge in [-0.25, -0.2) is 9.98 Å². The summed E-state index contributed by atoms with van der Waals surface area (Å²) in [6.07, 6.45) is -3.06. The van der Waals surface area contributed by atoms with Gasteiger partial charge in [-0.3, -0.25) is 4.79 Å². The van der Waals surface area contributed by atoms with Crippen LogP contribution in [-0.4, -0.2) is 57.9 Å². The maximum Gasteiger partial charge on any atom is 0.424 e. The van der Waals surface area contributed by atoms with Gasteiger partial charge in [-0.1, -0.05) is 0 Å². The molecule has 0 aliphatic carbocycles. The molecule has 0 spiro atoms. The van der Waals surface area contributed by atoms with Crippen LogP contribution in [0.3, 0.4) is 0 Å². The number of aliphatic hydroxyl groups is 1. The second-order valence-electron chi connectivity index (χ2n) is 7.39. The van der Waals surface area contributed by atoms with Crippen LogP contribution < -0.4 is 16.0 Å². The number of amides is 1. The van der Waals surface area contributed by atoms with Crippen molar-refractivity contribution in [3.8, 4) is 0 Å². The molecule has 0 bridgehead atoms. The van der Waals surface area contributed by atoms with Crippen LogP contribution >= 0.6 is 24.0 Å². The number of aryl methyl sites for hydroxylation is 1. The fourth-order valence-electron chi connectivity index (χ4n) is 2.46. The van der Waals surface area contributed by atoms with Gasteiger partial charge in [0, 0.05) is 44.5 Å². The Labute approximate surface area is 185 Å². The third-order valence-electron chi connectivity index (χ3n) is 3.68. The standard InChI is InChI=1S/C17H29F3N6O2.HI/c1-6-21-14(24-11-12(27)25-15(2,3)4)23-8-7-16(28,17(18,19)20)13-22-9-10-26(13)5;/h9-10,28H,6-8,11H2,1-5H3,(H,25,27)(H2,21,23,24);1H. The molecule has 1 aromatic heterocycles. The van der Waals surface area contributed by atoms with Crippen LogP contribution in [0.5, 0.6) is 0 Å². The van der Waals surface area contributed by atoms with Crippen molar-refractivity contribution in [3.63, 3.8) is 0 Å². The fourth-order valence-corrected chi connectivity index (χ4v) is 2.46. The van der Waals surface area contributed by atoms with E-state index in [-0.39, 0.29) is 48.9 Å². The van der Waals surface area contributed by atoms with Gasteiger partial charge >= 0.3 is 6.18 Å². The van der Waals surface area contributed by atoms with E-state index in [4.69, 9.17) is 0 Å². The lowest BCUT2D eigenvalue weighted by Crippen LogP contribution is -2.48. The lowest BCUT2D eigenvalue weighted by Gasteiger charge is -2.30. The molecule has 168 valence electrons. The Hall–Kier alpha value is -1.57. The van der Waals surface area contributed by atoms with Gasteiger partial charge in [-0.15, -0.1) is 24.0 Å². The van der Waals surface area contributed by atoms with Crippen molar-refractivity contribution >= 4 is 35.8 Å². The number of hydrogen-bond donors (Lipinski definition) is 4. The van der Waals surface area contributed by atoms with E-state index in [1.165, 1.54) is 19.4 Å². The number of rotatable bonds is 7. The molecule has 12 heteroatoms. The van der Waals surface area contributed by atoms with E-state index in [0.29, 0.717) is 6.54 Å². The SMILES string of the molecule is CCNC(=NCC(=O)NC(C)(C)C)NCCC(O)(c1nccn1C)C(F)(F)F.I. The van der Waals surface area contributed by atoms with Crippen molar-refractivity contribution in [2.75, 3.05) is 19.6 Å². The van der Waals surface area contributed by atoms with Crippen LogP contribution in [0.1, 0.15) is 39.9 Å². The largest absolute Gasteiger partial charge is 0.424 e. The summed E-state index contributed by atoms with van der Waals surface area (Å²) in [6.45, 7) is 7.29. The molecule has 0 aromatic carbocycles. The van der Waals surface area contributed by atoms with Gasteiger partial charge in [0.15, 0.2) is 5.96 Å². The van der Waals surface area contributed by atoms with Gasteiger partial charge in [0.2, 0.25) is 11.5 Å². The molecule has 0 radical (unpaired) electrons. The molecule has 1 amide bonds. The minimum absolute atomic E-state index is 0. The summed E-state index contributed by atoms with van der Waals surface area (Å²) in [5, 5.41) is 18.6.